The Morgan fingerprint density at radius 1 is 1.43 bits per heavy atom. The lowest BCUT2D eigenvalue weighted by molar-refractivity contribution is 0.0921. The highest BCUT2D eigenvalue weighted by atomic mass is 79.9. The average Bonchev–Trinajstić information content (AvgIpc) is 2.46. The minimum absolute atomic E-state index is 0. The van der Waals surface area contributed by atoms with Gasteiger partial charge in [-0.25, -0.2) is 0 Å². The monoisotopic (exact) mass is 376 g/mol. The Morgan fingerprint density at radius 2 is 2.10 bits per heavy atom. The number of carbonyl (C=O) groups is 1. The highest BCUT2D eigenvalue weighted by molar-refractivity contribution is 9.10. The van der Waals surface area contributed by atoms with Gasteiger partial charge in [0.15, 0.2) is 0 Å². The van der Waals surface area contributed by atoms with Gasteiger partial charge in [0.25, 0.3) is 5.91 Å². The molecule has 0 aliphatic carbocycles. The number of amides is 1. The maximum absolute atomic E-state index is 12.3. The number of nitrogens with one attached hydrogen (secondary N) is 2. The van der Waals surface area contributed by atoms with E-state index in [-0.39, 0.29) is 23.7 Å². The summed E-state index contributed by atoms with van der Waals surface area (Å²) in [5.41, 5.74) is 0.800. The number of ether oxygens (including phenoxy) is 1. The van der Waals surface area contributed by atoms with E-state index in [2.05, 4.69) is 33.5 Å². The molecule has 2 N–H and O–H groups in total. The number of hydrogen-bond donors (Lipinski definition) is 2. The highest BCUT2D eigenvalue weighted by Gasteiger charge is 2.27. The average molecular weight is 378 g/mol. The lowest BCUT2D eigenvalue weighted by Gasteiger charge is -2.34. The Hall–Kier alpha value is -0.780. The number of piperidine rings is 1. The second-order valence-electron chi connectivity index (χ2n) is 5.59. The first-order chi connectivity index (χ1) is 9.54. The molecule has 0 saturated carbocycles. The molecule has 0 unspecified atom stereocenters. The standard InChI is InChI=1S/C15H21BrN2O2.ClH/c1-15(5-7-17-8-6-15)10-18-14(19)12-9-11(20-2)3-4-13(12)16;/h3-4,9,17H,5-8,10H2,1-2H3,(H,18,19);1H. The molecule has 21 heavy (non-hydrogen) atoms. The van der Waals surface area contributed by atoms with E-state index in [1.54, 1.807) is 13.2 Å². The molecule has 1 aliphatic rings. The second kappa shape index (κ2) is 8.01. The van der Waals surface area contributed by atoms with Gasteiger partial charge in [-0.3, -0.25) is 4.79 Å². The van der Waals surface area contributed by atoms with Crippen LogP contribution in [0.3, 0.4) is 0 Å². The van der Waals surface area contributed by atoms with Crippen molar-refractivity contribution >= 4 is 34.2 Å². The molecule has 1 aromatic rings. The van der Waals surface area contributed by atoms with Crippen molar-refractivity contribution in [3.05, 3.63) is 28.2 Å². The van der Waals surface area contributed by atoms with E-state index < -0.39 is 0 Å². The van der Waals surface area contributed by atoms with Crippen molar-refractivity contribution in [1.82, 2.24) is 10.6 Å². The molecule has 1 amide bonds. The fourth-order valence-electron chi connectivity index (χ4n) is 2.40. The van der Waals surface area contributed by atoms with Crippen LogP contribution in [0.4, 0.5) is 0 Å². The molecule has 0 radical (unpaired) electrons. The number of benzene rings is 1. The van der Waals surface area contributed by atoms with Gasteiger partial charge in [0, 0.05) is 11.0 Å². The zero-order chi connectivity index (χ0) is 14.6. The van der Waals surface area contributed by atoms with Gasteiger partial charge in [-0.05, 0) is 65.5 Å². The Balaban J connectivity index is 0.00000220. The van der Waals surface area contributed by atoms with Crippen LogP contribution in [0.1, 0.15) is 30.1 Å². The van der Waals surface area contributed by atoms with Crippen molar-refractivity contribution in [3.63, 3.8) is 0 Å². The van der Waals surface area contributed by atoms with Crippen LogP contribution in [0.2, 0.25) is 0 Å². The molecule has 118 valence electrons. The molecule has 1 heterocycles. The van der Waals surface area contributed by atoms with Crippen LogP contribution in [-0.2, 0) is 0 Å². The molecule has 1 aromatic carbocycles. The van der Waals surface area contributed by atoms with Crippen molar-refractivity contribution in [1.29, 1.82) is 0 Å². The molecule has 0 aromatic heterocycles. The third kappa shape index (κ3) is 4.87. The normalized spacial score (nSPS) is 16.7. The minimum atomic E-state index is -0.0597. The highest BCUT2D eigenvalue weighted by Crippen LogP contribution is 2.27. The largest absolute Gasteiger partial charge is 0.497 e. The third-order valence-corrected chi connectivity index (χ3v) is 4.60. The number of carbonyl (C=O) groups excluding carboxylic acids is 1. The fourth-order valence-corrected chi connectivity index (χ4v) is 2.83. The van der Waals surface area contributed by atoms with Crippen LogP contribution in [0.15, 0.2) is 22.7 Å². The molecular weight excluding hydrogens is 356 g/mol. The van der Waals surface area contributed by atoms with E-state index in [1.807, 2.05) is 12.1 Å². The summed E-state index contributed by atoms with van der Waals surface area (Å²) < 4.78 is 5.95. The number of rotatable bonds is 4. The van der Waals surface area contributed by atoms with E-state index in [1.165, 1.54) is 0 Å². The Bertz CT molecular complexity index is 491. The van der Waals surface area contributed by atoms with Crippen LogP contribution in [-0.4, -0.2) is 32.7 Å². The lowest BCUT2D eigenvalue weighted by Crippen LogP contribution is -2.42. The van der Waals surface area contributed by atoms with E-state index >= 15 is 0 Å². The van der Waals surface area contributed by atoms with Crippen LogP contribution < -0.4 is 15.4 Å². The van der Waals surface area contributed by atoms with Gasteiger partial charge >= 0.3 is 0 Å². The van der Waals surface area contributed by atoms with Crippen LogP contribution >= 0.6 is 28.3 Å². The quantitative estimate of drug-likeness (QED) is 0.848. The van der Waals surface area contributed by atoms with E-state index in [9.17, 15) is 4.79 Å². The molecule has 0 spiro atoms. The Morgan fingerprint density at radius 3 is 2.71 bits per heavy atom. The van der Waals surface area contributed by atoms with Gasteiger partial charge in [-0.1, -0.05) is 6.92 Å². The third-order valence-electron chi connectivity index (χ3n) is 3.90. The molecule has 1 saturated heterocycles. The van der Waals surface area contributed by atoms with Crippen molar-refractivity contribution in [2.24, 2.45) is 5.41 Å². The maximum atomic E-state index is 12.3. The predicted octanol–water partition coefficient (Wildman–Crippen LogP) is 3.00. The molecule has 4 nitrogen and oxygen atoms in total. The molecular formula is C15H22BrClN2O2. The summed E-state index contributed by atoms with van der Waals surface area (Å²) in [5.74, 6) is 0.627. The smallest absolute Gasteiger partial charge is 0.252 e. The second-order valence-corrected chi connectivity index (χ2v) is 6.44. The van der Waals surface area contributed by atoms with Gasteiger partial charge in [0.2, 0.25) is 0 Å². The van der Waals surface area contributed by atoms with E-state index in [4.69, 9.17) is 4.74 Å². The first-order valence-electron chi connectivity index (χ1n) is 6.86. The predicted molar refractivity (Wildman–Crippen MR) is 90.5 cm³/mol. The zero-order valence-electron chi connectivity index (χ0n) is 12.4. The molecule has 1 fully saturated rings. The SMILES string of the molecule is COc1ccc(Br)c(C(=O)NCC2(C)CCNCC2)c1.Cl. The summed E-state index contributed by atoms with van der Waals surface area (Å²) in [7, 11) is 1.60. The summed E-state index contributed by atoms with van der Waals surface area (Å²) in [6.07, 6.45) is 2.18. The van der Waals surface area contributed by atoms with Gasteiger partial charge in [0.05, 0.1) is 12.7 Å². The van der Waals surface area contributed by atoms with Gasteiger partial charge in [-0.15, -0.1) is 12.4 Å². The van der Waals surface area contributed by atoms with Gasteiger partial charge in [0.1, 0.15) is 5.75 Å². The lowest BCUT2D eigenvalue weighted by atomic mass is 9.81. The van der Waals surface area contributed by atoms with Gasteiger partial charge < -0.3 is 15.4 Å². The van der Waals surface area contributed by atoms with Gasteiger partial charge in [-0.2, -0.15) is 0 Å². The first kappa shape index (κ1) is 18.3. The summed E-state index contributed by atoms with van der Waals surface area (Å²) >= 11 is 3.41. The van der Waals surface area contributed by atoms with Crippen LogP contribution in [0.5, 0.6) is 5.75 Å². The van der Waals surface area contributed by atoms with Crippen molar-refractivity contribution in [2.45, 2.75) is 19.8 Å². The molecule has 2 rings (SSSR count). The van der Waals surface area contributed by atoms with E-state index in [0.717, 1.165) is 30.4 Å². The zero-order valence-corrected chi connectivity index (χ0v) is 14.8. The number of halogens is 2. The minimum Gasteiger partial charge on any atom is -0.497 e. The Kier molecular flexibility index (Phi) is 6.97. The first-order valence-corrected chi connectivity index (χ1v) is 7.66. The number of methoxy groups -OCH3 is 1. The molecule has 0 atom stereocenters. The van der Waals surface area contributed by atoms with Crippen LogP contribution in [0.25, 0.3) is 0 Å². The number of hydrogen-bond acceptors (Lipinski definition) is 3. The van der Waals surface area contributed by atoms with E-state index in [0.29, 0.717) is 17.9 Å². The molecule has 6 heteroatoms. The topological polar surface area (TPSA) is 50.4 Å². The summed E-state index contributed by atoms with van der Waals surface area (Å²) in [4.78, 5) is 12.3. The van der Waals surface area contributed by atoms with Crippen molar-refractivity contribution in [3.8, 4) is 5.75 Å². The molecule has 1 aliphatic heterocycles. The summed E-state index contributed by atoms with van der Waals surface area (Å²) in [6, 6.07) is 5.42. The van der Waals surface area contributed by atoms with Crippen molar-refractivity contribution in [2.75, 3.05) is 26.7 Å². The van der Waals surface area contributed by atoms with Crippen LogP contribution in [0, 0.1) is 5.41 Å². The Labute approximate surface area is 140 Å². The summed E-state index contributed by atoms with van der Waals surface area (Å²) in [6.45, 7) is 4.98. The van der Waals surface area contributed by atoms with Crippen molar-refractivity contribution < 1.29 is 9.53 Å². The molecule has 0 bridgehead atoms. The fraction of sp³-hybridized carbons (Fsp3) is 0.533. The maximum Gasteiger partial charge on any atom is 0.252 e. The summed E-state index contributed by atoms with van der Waals surface area (Å²) in [5, 5.41) is 6.40.